The molecule has 1 aromatic carbocycles. The average Bonchev–Trinajstić information content (AvgIpc) is 3.21. The van der Waals surface area contributed by atoms with Crippen molar-refractivity contribution in [2.24, 2.45) is 7.05 Å². The van der Waals surface area contributed by atoms with Crippen LogP contribution in [0.2, 0.25) is 0 Å². The lowest BCUT2D eigenvalue weighted by molar-refractivity contribution is -0.115. The summed E-state index contributed by atoms with van der Waals surface area (Å²) in [5.74, 6) is 0.777. The second kappa shape index (κ2) is 7.59. The van der Waals surface area contributed by atoms with Crippen molar-refractivity contribution in [3.05, 3.63) is 53.3 Å². The van der Waals surface area contributed by atoms with Crippen molar-refractivity contribution in [3.63, 3.8) is 0 Å². The molecule has 0 fully saturated rings. The number of hydrogen-bond donors (Lipinski definition) is 1. The Morgan fingerprint density at radius 2 is 2.12 bits per heavy atom. The van der Waals surface area contributed by atoms with Crippen LogP contribution in [0.4, 0.5) is 5.13 Å². The zero-order chi connectivity index (χ0) is 16.9. The molecule has 3 aromatic rings. The standard InChI is InChI=1S/C16H17N5OS2/c1-11(14(22)18-15-17-8-9-23-15)24-16-20-19-13(21(16)2)10-12-6-4-3-5-7-12/h3-9,11H,10H2,1-2H3,(H,17,18,22)/t11-/m0/s1. The molecular weight excluding hydrogens is 342 g/mol. The highest BCUT2D eigenvalue weighted by Crippen LogP contribution is 2.23. The second-order valence-electron chi connectivity index (χ2n) is 5.21. The van der Waals surface area contributed by atoms with E-state index in [0.29, 0.717) is 11.6 Å². The summed E-state index contributed by atoms with van der Waals surface area (Å²) in [6, 6.07) is 10.1. The maximum atomic E-state index is 12.2. The van der Waals surface area contributed by atoms with Crippen molar-refractivity contribution in [2.75, 3.05) is 5.32 Å². The van der Waals surface area contributed by atoms with Gasteiger partial charge in [0, 0.05) is 25.0 Å². The number of carbonyl (C=O) groups excluding carboxylic acids is 1. The third-order valence-electron chi connectivity index (χ3n) is 3.44. The van der Waals surface area contributed by atoms with Crippen molar-refractivity contribution < 1.29 is 4.79 Å². The van der Waals surface area contributed by atoms with Gasteiger partial charge in [-0.05, 0) is 12.5 Å². The Hall–Kier alpha value is -2.19. The highest BCUT2D eigenvalue weighted by Gasteiger charge is 2.19. The molecule has 0 bridgehead atoms. The third kappa shape index (κ3) is 4.01. The first-order valence-corrected chi connectivity index (χ1v) is 9.18. The van der Waals surface area contributed by atoms with Crippen LogP contribution in [0.25, 0.3) is 0 Å². The van der Waals surface area contributed by atoms with Gasteiger partial charge in [-0.25, -0.2) is 4.98 Å². The quantitative estimate of drug-likeness (QED) is 0.685. The molecule has 1 atom stereocenters. The van der Waals surface area contributed by atoms with E-state index < -0.39 is 0 Å². The number of nitrogens with one attached hydrogen (secondary N) is 1. The van der Waals surface area contributed by atoms with Crippen LogP contribution < -0.4 is 5.32 Å². The number of thioether (sulfide) groups is 1. The van der Waals surface area contributed by atoms with Crippen molar-refractivity contribution in [3.8, 4) is 0 Å². The number of benzene rings is 1. The molecule has 0 saturated heterocycles. The van der Waals surface area contributed by atoms with E-state index in [0.717, 1.165) is 11.0 Å². The lowest BCUT2D eigenvalue weighted by atomic mass is 10.1. The molecule has 8 heteroatoms. The van der Waals surface area contributed by atoms with Gasteiger partial charge in [0.2, 0.25) is 5.91 Å². The summed E-state index contributed by atoms with van der Waals surface area (Å²) in [6.07, 6.45) is 2.38. The second-order valence-corrected chi connectivity index (χ2v) is 7.41. The van der Waals surface area contributed by atoms with Gasteiger partial charge in [0.05, 0.1) is 5.25 Å². The topological polar surface area (TPSA) is 72.7 Å². The van der Waals surface area contributed by atoms with Gasteiger partial charge in [0.15, 0.2) is 10.3 Å². The largest absolute Gasteiger partial charge is 0.309 e. The van der Waals surface area contributed by atoms with E-state index in [9.17, 15) is 4.79 Å². The summed E-state index contributed by atoms with van der Waals surface area (Å²) in [5.41, 5.74) is 1.18. The first-order valence-electron chi connectivity index (χ1n) is 7.42. The zero-order valence-corrected chi connectivity index (χ0v) is 15.0. The van der Waals surface area contributed by atoms with Gasteiger partial charge in [-0.1, -0.05) is 42.1 Å². The zero-order valence-electron chi connectivity index (χ0n) is 13.3. The lowest BCUT2D eigenvalue weighted by Crippen LogP contribution is -2.22. The molecule has 24 heavy (non-hydrogen) atoms. The van der Waals surface area contributed by atoms with Gasteiger partial charge >= 0.3 is 0 Å². The first-order chi connectivity index (χ1) is 11.6. The number of amides is 1. The number of nitrogens with zero attached hydrogens (tertiary/aromatic N) is 4. The summed E-state index contributed by atoms with van der Waals surface area (Å²) >= 11 is 2.78. The molecule has 0 aliphatic heterocycles. The van der Waals surface area contributed by atoms with Crippen LogP contribution in [0, 0.1) is 0 Å². The molecule has 2 aromatic heterocycles. The maximum absolute atomic E-state index is 12.2. The molecule has 0 radical (unpaired) electrons. The molecule has 6 nitrogen and oxygen atoms in total. The fourth-order valence-electron chi connectivity index (χ4n) is 2.08. The van der Waals surface area contributed by atoms with E-state index in [-0.39, 0.29) is 11.2 Å². The van der Waals surface area contributed by atoms with Crippen LogP contribution in [0.3, 0.4) is 0 Å². The molecule has 0 aliphatic carbocycles. The van der Waals surface area contributed by atoms with Gasteiger partial charge in [-0.2, -0.15) is 0 Å². The Morgan fingerprint density at radius 1 is 1.33 bits per heavy atom. The highest BCUT2D eigenvalue weighted by molar-refractivity contribution is 8.00. The number of hydrogen-bond acceptors (Lipinski definition) is 6. The monoisotopic (exact) mass is 359 g/mol. The van der Waals surface area contributed by atoms with Gasteiger partial charge in [0.1, 0.15) is 5.82 Å². The van der Waals surface area contributed by atoms with Crippen molar-refractivity contribution in [2.45, 2.75) is 23.8 Å². The molecule has 1 N–H and O–H groups in total. The van der Waals surface area contributed by atoms with E-state index in [1.165, 1.54) is 28.7 Å². The van der Waals surface area contributed by atoms with Gasteiger partial charge in [-0.3, -0.25) is 4.79 Å². The number of thiazole rings is 1. The molecule has 0 aliphatic rings. The minimum atomic E-state index is -0.290. The van der Waals surface area contributed by atoms with Gasteiger partial charge in [-0.15, -0.1) is 21.5 Å². The molecule has 1 amide bonds. The van der Waals surface area contributed by atoms with E-state index in [4.69, 9.17) is 0 Å². The minimum Gasteiger partial charge on any atom is -0.309 e. The Balaban J connectivity index is 1.64. The van der Waals surface area contributed by atoms with Crippen LogP contribution >= 0.6 is 23.1 Å². The Morgan fingerprint density at radius 3 is 2.83 bits per heavy atom. The van der Waals surface area contributed by atoms with Crippen LogP contribution in [-0.4, -0.2) is 30.9 Å². The minimum absolute atomic E-state index is 0.0949. The van der Waals surface area contributed by atoms with E-state index >= 15 is 0 Å². The number of aromatic nitrogens is 4. The molecule has 0 spiro atoms. The van der Waals surface area contributed by atoms with Gasteiger partial charge in [0.25, 0.3) is 0 Å². The average molecular weight is 359 g/mol. The van der Waals surface area contributed by atoms with E-state index in [2.05, 4.69) is 32.6 Å². The van der Waals surface area contributed by atoms with Crippen LogP contribution in [0.15, 0.2) is 47.1 Å². The number of rotatable bonds is 6. The summed E-state index contributed by atoms with van der Waals surface area (Å²) in [7, 11) is 1.92. The molecule has 124 valence electrons. The Labute approximate surface area is 148 Å². The van der Waals surface area contributed by atoms with Crippen molar-refractivity contribution >= 4 is 34.1 Å². The number of anilines is 1. The summed E-state index contributed by atoms with van der Waals surface area (Å²) in [5, 5.41) is 14.1. The highest BCUT2D eigenvalue weighted by atomic mass is 32.2. The summed E-state index contributed by atoms with van der Waals surface area (Å²) < 4.78 is 1.94. The third-order valence-corrected chi connectivity index (χ3v) is 5.27. The Bertz CT molecular complexity index is 801. The molecule has 2 heterocycles. The molecule has 3 rings (SSSR count). The maximum Gasteiger partial charge on any atom is 0.239 e. The summed E-state index contributed by atoms with van der Waals surface area (Å²) in [6.45, 7) is 1.85. The summed E-state index contributed by atoms with van der Waals surface area (Å²) in [4.78, 5) is 16.3. The lowest BCUT2D eigenvalue weighted by Gasteiger charge is -2.10. The van der Waals surface area contributed by atoms with E-state index in [1.54, 1.807) is 6.20 Å². The fourth-order valence-corrected chi connectivity index (χ4v) is 3.45. The predicted octanol–water partition coefficient (Wildman–Crippen LogP) is 2.98. The van der Waals surface area contributed by atoms with Crippen LogP contribution in [0.5, 0.6) is 0 Å². The first kappa shape index (κ1) is 16.7. The van der Waals surface area contributed by atoms with Crippen LogP contribution in [0.1, 0.15) is 18.3 Å². The smallest absolute Gasteiger partial charge is 0.239 e. The molecule has 0 saturated carbocycles. The Kier molecular flexibility index (Phi) is 5.27. The fraction of sp³-hybridized carbons (Fsp3) is 0.250. The van der Waals surface area contributed by atoms with Gasteiger partial charge < -0.3 is 9.88 Å². The van der Waals surface area contributed by atoms with Crippen LogP contribution in [-0.2, 0) is 18.3 Å². The number of carbonyl (C=O) groups is 1. The molecular formula is C16H17N5OS2. The normalized spacial score (nSPS) is 12.1. The SMILES string of the molecule is C[C@H](Sc1nnc(Cc2ccccc2)n1C)C(=O)Nc1nccs1. The predicted molar refractivity (Wildman–Crippen MR) is 96.3 cm³/mol. The van der Waals surface area contributed by atoms with Crippen molar-refractivity contribution in [1.82, 2.24) is 19.7 Å². The van der Waals surface area contributed by atoms with E-state index in [1.807, 2.05) is 42.1 Å². The molecule has 0 unspecified atom stereocenters. The van der Waals surface area contributed by atoms with Crippen molar-refractivity contribution in [1.29, 1.82) is 0 Å².